The molecule has 1 saturated heterocycles. The molecular formula is C32H31N7O5S. The minimum atomic E-state index is -3.71. The number of hydrogen-bond acceptors (Lipinski definition) is 9. The zero-order chi connectivity index (χ0) is 31.2. The van der Waals surface area contributed by atoms with Crippen molar-refractivity contribution < 1.29 is 23.1 Å². The van der Waals surface area contributed by atoms with Crippen LogP contribution in [0.1, 0.15) is 31.9 Å². The molecule has 2 aromatic heterocycles. The number of aliphatic imine (C=N–C) groups is 2. The van der Waals surface area contributed by atoms with Crippen molar-refractivity contribution in [3.05, 3.63) is 99.4 Å². The summed E-state index contributed by atoms with van der Waals surface area (Å²) in [7, 11) is -3.71. The molecule has 7 rings (SSSR count). The first-order valence-electron chi connectivity index (χ1n) is 14.8. The summed E-state index contributed by atoms with van der Waals surface area (Å²) in [5, 5.41) is 14.5. The number of rotatable bonds is 5. The molecule has 1 amide bonds. The number of ether oxygens (including phenoxy) is 1. The zero-order valence-corrected chi connectivity index (χ0v) is 25.3. The van der Waals surface area contributed by atoms with Crippen molar-refractivity contribution in [1.29, 1.82) is 0 Å². The van der Waals surface area contributed by atoms with Crippen LogP contribution in [0.2, 0.25) is 0 Å². The second-order valence-electron chi connectivity index (χ2n) is 11.3. The lowest BCUT2D eigenvalue weighted by Gasteiger charge is -2.31. The van der Waals surface area contributed by atoms with E-state index in [1.54, 1.807) is 25.1 Å². The van der Waals surface area contributed by atoms with Gasteiger partial charge < -0.3 is 25.0 Å². The number of aromatic amines is 1. The lowest BCUT2D eigenvalue weighted by molar-refractivity contribution is 0.0868. The molecular weight excluding hydrogens is 594 g/mol. The number of amides is 1. The maximum atomic E-state index is 13.6. The number of nitrogens with zero attached hydrogens (tertiary/aromatic N) is 5. The Balaban J connectivity index is 1.32. The molecule has 13 heteroatoms. The molecule has 0 aliphatic carbocycles. The highest BCUT2D eigenvalue weighted by molar-refractivity contribution is 7.95. The van der Waals surface area contributed by atoms with Crippen molar-refractivity contribution in [3.8, 4) is 5.88 Å². The van der Waals surface area contributed by atoms with Gasteiger partial charge in [-0.1, -0.05) is 13.0 Å². The van der Waals surface area contributed by atoms with E-state index in [9.17, 15) is 18.3 Å². The Bertz CT molecular complexity index is 2040. The lowest BCUT2D eigenvalue weighted by atomic mass is 9.91. The Kier molecular flexibility index (Phi) is 7.11. The third kappa shape index (κ3) is 5.66. The molecule has 230 valence electrons. The summed E-state index contributed by atoms with van der Waals surface area (Å²) in [6.07, 6.45) is 16.8. The highest BCUT2D eigenvalue weighted by atomic mass is 32.2. The van der Waals surface area contributed by atoms with Crippen LogP contribution in [0.15, 0.2) is 93.0 Å². The van der Waals surface area contributed by atoms with E-state index >= 15 is 0 Å². The van der Waals surface area contributed by atoms with E-state index in [0.29, 0.717) is 66.7 Å². The van der Waals surface area contributed by atoms with Crippen LogP contribution >= 0.6 is 0 Å². The minimum Gasteiger partial charge on any atom is -0.474 e. The molecule has 1 atom stereocenters. The number of H-pyrrole nitrogens is 1. The first kappa shape index (κ1) is 28.7. The Hall–Kier alpha value is -5.04. The first-order valence-corrected chi connectivity index (χ1v) is 16.4. The summed E-state index contributed by atoms with van der Waals surface area (Å²) in [5.41, 5.74) is 2.47. The summed E-state index contributed by atoms with van der Waals surface area (Å²) in [4.78, 5) is 34.7. The molecule has 0 saturated carbocycles. The molecule has 0 aromatic carbocycles. The van der Waals surface area contributed by atoms with Crippen molar-refractivity contribution >= 4 is 39.5 Å². The van der Waals surface area contributed by atoms with Gasteiger partial charge in [-0.05, 0) is 54.7 Å². The van der Waals surface area contributed by atoms with E-state index in [-0.39, 0.29) is 16.8 Å². The maximum absolute atomic E-state index is 13.6. The van der Waals surface area contributed by atoms with E-state index < -0.39 is 21.5 Å². The van der Waals surface area contributed by atoms with E-state index in [1.807, 2.05) is 48.6 Å². The number of nitrogens with one attached hydrogen (secondary N) is 2. The quantitative estimate of drug-likeness (QED) is 0.456. The van der Waals surface area contributed by atoms with Crippen LogP contribution in [0.4, 0.5) is 4.79 Å². The van der Waals surface area contributed by atoms with E-state index in [4.69, 9.17) is 14.7 Å². The van der Waals surface area contributed by atoms with Crippen molar-refractivity contribution in [2.24, 2.45) is 9.98 Å². The standard InChI is InChI=1S/C32H31N7O5S/c1-2-45(42,43)30-26-8-7-23(37-26)16-21-4-3-20(35-21)15-22-5-6-24(36-22)18-32(12-9-27(30)38-32)28-17-29(34-19-33-28)44-25-10-13-39(14-11-25)31(40)41/h3-9,15-19,25,35,38H,2,10-14H2,1H3,(H,40,41). The molecule has 7 heterocycles. The topological polar surface area (TPSA) is 162 Å². The fourth-order valence-corrected chi connectivity index (χ4v) is 7.18. The van der Waals surface area contributed by atoms with Gasteiger partial charge in [0.1, 0.15) is 22.9 Å². The number of sulfone groups is 1. The zero-order valence-electron chi connectivity index (χ0n) is 24.5. The average Bonchev–Trinajstić information content (AvgIpc) is 3.84. The second kappa shape index (κ2) is 11.1. The number of fused-ring (bicyclic) bond motifs is 6. The third-order valence-electron chi connectivity index (χ3n) is 8.33. The van der Waals surface area contributed by atoms with Gasteiger partial charge in [-0.3, -0.25) is 0 Å². The number of likely N-dealkylation sites (tertiary alicyclic amines) is 1. The predicted molar refractivity (Wildman–Crippen MR) is 169 cm³/mol. The van der Waals surface area contributed by atoms with Crippen LogP contribution in [-0.4, -0.2) is 75.8 Å². The third-order valence-corrected chi connectivity index (χ3v) is 10.1. The van der Waals surface area contributed by atoms with Gasteiger partial charge in [0, 0.05) is 49.1 Å². The van der Waals surface area contributed by atoms with E-state index in [2.05, 4.69) is 20.3 Å². The van der Waals surface area contributed by atoms with Crippen molar-refractivity contribution in [2.45, 2.75) is 37.8 Å². The summed E-state index contributed by atoms with van der Waals surface area (Å²) < 4.78 is 33.4. The molecule has 45 heavy (non-hydrogen) atoms. The van der Waals surface area contributed by atoms with Crippen LogP contribution < -0.4 is 20.8 Å². The molecule has 5 aliphatic rings. The minimum absolute atomic E-state index is 0.0975. The highest BCUT2D eigenvalue weighted by Crippen LogP contribution is 2.39. The summed E-state index contributed by atoms with van der Waals surface area (Å²) in [6.45, 7) is 2.39. The predicted octanol–water partition coefficient (Wildman–Crippen LogP) is 2.23. The summed E-state index contributed by atoms with van der Waals surface area (Å²) in [5.74, 6) is 0.258. The average molecular weight is 626 g/mol. The van der Waals surface area contributed by atoms with Gasteiger partial charge in [-0.15, -0.1) is 0 Å². The van der Waals surface area contributed by atoms with Gasteiger partial charge in [0.2, 0.25) is 5.88 Å². The highest BCUT2D eigenvalue weighted by Gasteiger charge is 2.40. The largest absolute Gasteiger partial charge is 0.474 e. The van der Waals surface area contributed by atoms with Gasteiger partial charge in [-0.25, -0.2) is 33.2 Å². The number of carbonyl (C=O) groups is 1. The van der Waals surface area contributed by atoms with E-state index in [0.717, 1.165) is 16.4 Å². The number of carboxylic acid groups (broad SMARTS) is 1. The maximum Gasteiger partial charge on any atom is 0.407 e. The number of hydrogen-bond donors (Lipinski definition) is 3. The molecule has 5 aliphatic heterocycles. The first-order chi connectivity index (χ1) is 21.7. The van der Waals surface area contributed by atoms with Crippen LogP contribution in [0.25, 0.3) is 12.2 Å². The fraction of sp³-hybridized carbons (Fsp3) is 0.281. The number of allylic oxidation sites excluding steroid dienone is 4. The number of piperidine rings is 1. The van der Waals surface area contributed by atoms with E-state index in [1.165, 1.54) is 11.2 Å². The SMILES string of the molecule is CCS(=O)(=O)C1=C2C=CC(=N2)C=c2ccc([nH]2)=CC2=NC(=CC3(c4cc(OC5CCN(C(=O)O)CC5)ncn4)CC=C1N3)C=C2. The smallest absolute Gasteiger partial charge is 0.407 e. The normalized spacial score (nSPS) is 22.6. The molecule has 8 bridgehead atoms. The monoisotopic (exact) mass is 625 g/mol. The molecule has 0 radical (unpaired) electrons. The Labute approximate surface area is 259 Å². The molecule has 1 unspecified atom stereocenters. The Morgan fingerprint density at radius 2 is 1.80 bits per heavy atom. The van der Waals surface area contributed by atoms with Crippen LogP contribution in [0, 0.1) is 0 Å². The van der Waals surface area contributed by atoms with Crippen LogP contribution in [0.5, 0.6) is 5.88 Å². The van der Waals surface area contributed by atoms with Crippen molar-refractivity contribution in [1.82, 2.24) is 25.2 Å². The second-order valence-corrected chi connectivity index (χ2v) is 13.5. The van der Waals surface area contributed by atoms with Gasteiger partial charge in [0.15, 0.2) is 9.84 Å². The van der Waals surface area contributed by atoms with Gasteiger partial charge in [-0.2, -0.15) is 0 Å². The molecule has 1 fully saturated rings. The molecule has 0 spiro atoms. The lowest BCUT2D eigenvalue weighted by Crippen LogP contribution is -2.41. The molecule has 3 N–H and O–H groups in total. The fourth-order valence-electron chi connectivity index (χ4n) is 5.99. The van der Waals surface area contributed by atoms with Crippen molar-refractivity contribution in [2.75, 3.05) is 18.8 Å². The van der Waals surface area contributed by atoms with Crippen molar-refractivity contribution in [3.63, 3.8) is 0 Å². The summed E-state index contributed by atoms with van der Waals surface area (Å²) >= 11 is 0. The molecule has 12 nitrogen and oxygen atoms in total. The van der Waals surface area contributed by atoms with Crippen LogP contribution in [-0.2, 0) is 15.4 Å². The van der Waals surface area contributed by atoms with Gasteiger partial charge in [0.05, 0.1) is 40.0 Å². The van der Waals surface area contributed by atoms with Gasteiger partial charge >= 0.3 is 6.09 Å². The Morgan fingerprint density at radius 3 is 2.53 bits per heavy atom. The number of aromatic nitrogens is 3. The Morgan fingerprint density at radius 1 is 1.07 bits per heavy atom. The van der Waals surface area contributed by atoms with Gasteiger partial charge in [0.25, 0.3) is 0 Å². The summed E-state index contributed by atoms with van der Waals surface area (Å²) in [6, 6.07) is 5.64. The van der Waals surface area contributed by atoms with Crippen LogP contribution in [0.3, 0.4) is 0 Å². The molecule has 2 aromatic rings.